The first-order valence-electron chi connectivity index (χ1n) is 8.66. The van der Waals surface area contributed by atoms with Crippen molar-refractivity contribution in [3.05, 3.63) is 35.4 Å². The van der Waals surface area contributed by atoms with Gasteiger partial charge in [-0.1, -0.05) is 43.7 Å². The van der Waals surface area contributed by atoms with E-state index in [1.807, 2.05) is 0 Å². The van der Waals surface area contributed by atoms with Crippen molar-refractivity contribution in [2.75, 3.05) is 13.1 Å². The van der Waals surface area contributed by atoms with Gasteiger partial charge in [-0.3, -0.25) is 4.79 Å². The number of carbonyl (C=O) groups is 1. The van der Waals surface area contributed by atoms with Crippen LogP contribution in [-0.2, 0) is 4.79 Å². The molecule has 1 fully saturated rings. The van der Waals surface area contributed by atoms with Gasteiger partial charge in [0.1, 0.15) is 0 Å². The number of carbonyl (C=O) groups excluding carboxylic acids is 1. The minimum atomic E-state index is 0.133. The second kappa shape index (κ2) is 8.33. The van der Waals surface area contributed by atoms with Crippen molar-refractivity contribution in [2.45, 2.75) is 52.5 Å². The number of benzene rings is 1. The molecule has 0 spiro atoms. The molecule has 2 atom stereocenters. The normalized spacial score (nSPS) is 18.7. The predicted molar refractivity (Wildman–Crippen MR) is 91.7 cm³/mol. The number of aryl methyl sites for hydroxylation is 1. The van der Waals surface area contributed by atoms with Gasteiger partial charge in [0, 0.05) is 6.42 Å². The van der Waals surface area contributed by atoms with E-state index >= 15 is 0 Å². The van der Waals surface area contributed by atoms with Gasteiger partial charge in [-0.2, -0.15) is 0 Å². The van der Waals surface area contributed by atoms with Gasteiger partial charge in [-0.25, -0.2) is 0 Å². The van der Waals surface area contributed by atoms with Crippen LogP contribution < -0.4 is 10.6 Å². The molecule has 122 valence electrons. The van der Waals surface area contributed by atoms with Crippen molar-refractivity contribution in [1.29, 1.82) is 0 Å². The standard InChI is InChI=1S/C19H30N2O/c1-4-18(17-7-5-14(2)6-8-17)21-19(22)13-15(3)16-9-11-20-12-10-16/h5-8,15-16,18,20H,4,9-13H2,1-3H3,(H,21,22). The fraction of sp³-hybridized carbons (Fsp3) is 0.632. The maximum atomic E-state index is 12.4. The molecular formula is C19H30N2O. The molecule has 0 radical (unpaired) electrons. The van der Waals surface area contributed by atoms with E-state index in [0.29, 0.717) is 18.3 Å². The first-order valence-corrected chi connectivity index (χ1v) is 8.66. The number of hydrogen-bond acceptors (Lipinski definition) is 2. The lowest BCUT2D eigenvalue weighted by Crippen LogP contribution is -2.34. The molecular weight excluding hydrogens is 272 g/mol. The summed E-state index contributed by atoms with van der Waals surface area (Å²) in [7, 11) is 0. The molecule has 3 heteroatoms. The first-order chi connectivity index (χ1) is 10.6. The van der Waals surface area contributed by atoms with Crippen molar-refractivity contribution >= 4 is 5.91 Å². The maximum Gasteiger partial charge on any atom is 0.220 e. The molecule has 1 amide bonds. The average molecular weight is 302 g/mol. The van der Waals surface area contributed by atoms with Gasteiger partial charge in [-0.15, -0.1) is 0 Å². The maximum absolute atomic E-state index is 12.4. The molecule has 0 aromatic heterocycles. The Hall–Kier alpha value is -1.35. The van der Waals surface area contributed by atoms with Crippen molar-refractivity contribution in [3.63, 3.8) is 0 Å². The molecule has 0 aliphatic carbocycles. The van der Waals surface area contributed by atoms with Crippen LogP contribution in [0.15, 0.2) is 24.3 Å². The zero-order chi connectivity index (χ0) is 15.9. The Balaban J connectivity index is 1.87. The molecule has 1 saturated heterocycles. The van der Waals surface area contributed by atoms with E-state index in [1.54, 1.807) is 0 Å². The predicted octanol–water partition coefficient (Wildman–Crippen LogP) is 3.59. The molecule has 22 heavy (non-hydrogen) atoms. The van der Waals surface area contributed by atoms with E-state index < -0.39 is 0 Å². The highest BCUT2D eigenvalue weighted by atomic mass is 16.1. The first kappa shape index (κ1) is 17.0. The van der Waals surface area contributed by atoms with Crippen LogP contribution in [0.4, 0.5) is 0 Å². The molecule has 1 aromatic rings. The van der Waals surface area contributed by atoms with Crippen LogP contribution in [0.2, 0.25) is 0 Å². The molecule has 3 nitrogen and oxygen atoms in total. The van der Waals surface area contributed by atoms with Crippen molar-refractivity contribution in [1.82, 2.24) is 10.6 Å². The highest BCUT2D eigenvalue weighted by Gasteiger charge is 2.23. The molecule has 0 bridgehead atoms. The molecule has 2 rings (SSSR count). The molecule has 1 aliphatic heterocycles. The smallest absolute Gasteiger partial charge is 0.220 e. The second-order valence-corrected chi connectivity index (χ2v) is 6.71. The van der Waals surface area contributed by atoms with E-state index in [9.17, 15) is 4.79 Å². The van der Waals surface area contributed by atoms with Gasteiger partial charge in [0.25, 0.3) is 0 Å². The summed E-state index contributed by atoms with van der Waals surface area (Å²) in [4.78, 5) is 12.4. The van der Waals surface area contributed by atoms with Crippen molar-refractivity contribution in [3.8, 4) is 0 Å². The monoisotopic (exact) mass is 302 g/mol. The van der Waals surface area contributed by atoms with Crippen LogP contribution in [-0.4, -0.2) is 19.0 Å². The SMILES string of the molecule is CCC(NC(=O)CC(C)C1CCNCC1)c1ccc(C)cc1. The summed E-state index contributed by atoms with van der Waals surface area (Å²) in [5.74, 6) is 1.35. The van der Waals surface area contributed by atoms with Gasteiger partial charge in [0.05, 0.1) is 6.04 Å². The van der Waals surface area contributed by atoms with Crippen LogP contribution in [0, 0.1) is 18.8 Å². The van der Waals surface area contributed by atoms with Gasteiger partial charge in [0.15, 0.2) is 0 Å². The molecule has 0 saturated carbocycles. The van der Waals surface area contributed by atoms with Crippen LogP contribution in [0.5, 0.6) is 0 Å². The van der Waals surface area contributed by atoms with Gasteiger partial charge in [-0.05, 0) is 56.7 Å². The molecule has 1 aliphatic rings. The topological polar surface area (TPSA) is 41.1 Å². The minimum absolute atomic E-state index is 0.133. The summed E-state index contributed by atoms with van der Waals surface area (Å²) in [6.07, 6.45) is 3.97. The largest absolute Gasteiger partial charge is 0.349 e. The Bertz CT molecular complexity index is 463. The van der Waals surface area contributed by atoms with Crippen LogP contribution >= 0.6 is 0 Å². The molecule has 1 aromatic carbocycles. The van der Waals surface area contributed by atoms with Gasteiger partial charge >= 0.3 is 0 Å². The van der Waals surface area contributed by atoms with Crippen LogP contribution in [0.1, 0.15) is 56.7 Å². The minimum Gasteiger partial charge on any atom is -0.349 e. The fourth-order valence-corrected chi connectivity index (χ4v) is 3.35. The van der Waals surface area contributed by atoms with E-state index in [2.05, 4.69) is 55.7 Å². The van der Waals surface area contributed by atoms with E-state index in [1.165, 1.54) is 24.0 Å². The summed E-state index contributed by atoms with van der Waals surface area (Å²) in [6, 6.07) is 8.61. The molecule has 2 unspecified atom stereocenters. The van der Waals surface area contributed by atoms with E-state index in [-0.39, 0.29) is 11.9 Å². The lowest BCUT2D eigenvalue weighted by molar-refractivity contribution is -0.123. The Morgan fingerprint density at radius 2 is 1.91 bits per heavy atom. The fourth-order valence-electron chi connectivity index (χ4n) is 3.35. The number of hydrogen-bond donors (Lipinski definition) is 2. The summed E-state index contributed by atoms with van der Waals surface area (Å²) in [5, 5.41) is 6.61. The van der Waals surface area contributed by atoms with Crippen LogP contribution in [0.25, 0.3) is 0 Å². The summed E-state index contributed by atoms with van der Waals surface area (Å²) >= 11 is 0. The summed E-state index contributed by atoms with van der Waals surface area (Å²) in [6.45, 7) is 8.63. The lowest BCUT2D eigenvalue weighted by atomic mass is 9.84. The number of rotatable bonds is 6. The summed E-state index contributed by atoms with van der Waals surface area (Å²) < 4.78 is 0. The zero-order valence-electron chi connectivity index (χ0n) is 14.2. The van der Waals surface area contributed by atoms with E-state index in [4.69, 9.17) is 0 Å². The second-order valence-electron chi connectivity index (χ2n) is 6.71. The number of nitrogens with one attached hydrogen (secondary N) is 2. The van der Waals surface area contributed by atoms with E-state index in [0.717, 1.165) is 19.5 Å². The highest BCUT2D eigenvalue weighted by Crippen LogP contribution is 2.25. The Morgan fingerprint density at radius 3 is 2.50 bits per heavy atom. The van der Waals surface area contributed by atoms with Crippen molar-refractivity contribution < 1.29 is 4.79 Å². The third-order valence-electron chi connectivity index (χ3n) is 4.92. The molecule has 2 N–H and O–H groups in total. The quantitative estimate of drug-likeness (QED) is 0.843. The Labute approximate surface area is 134 Å². The highest BCUT2D eigenvalue weighted by molar-refractivity contribution is 5.76. The zero-order valence-corrected chi connectivity index (χ0v) is 14.2. The third kappa shape index (κ3) is 4.84. The van der Waals surface area contributed by atoms with Crippen LogP contribution in [0.3, 0.4) is 0 Å². The lowest BCUT2D eigenvalue weighted by Gasteiger charge is -2.28. The average Bonchev–Trinajstić information content (AvgIpc) is 2.54. The number of piperidine rings is 1. The van der Waals surface area contributed by atoms with Gasteiger partial charge in [0.2, 0.25) is 5.91 Å². The Kier molecular flexibility index (Phi) is 6.44. The third-order valence-corrected chi connectivity index (χ3v) is 4.92. The number of amides is 1. The Morgan fingerprint density at radius 1 is 1.27 bits per heavy atom. The van der Waals surface area contributed by atoms with Gasteiger partial charge < -0.3 is 10.6 Å². The van der Waals surface area contributed by atoms with Crippen molar-refractivity contribution in [2.24, 2.45) is 11.8 Å². The molecule has 1 heterocycles. The summed E-state index contributed by atoms with van der Waals surface area (Å²) in [5.41, 5.74) is 2.46.